The van der Waals surface area contributed by atoms with Gasteiger partial charge >= 0.3 is 0 Å². The molecule has 150 valence electrons. The first kappa shape index (κ1) is 17.9. The third-order valence-corrected chi connectivity index (χ3v) is 6.21. The van der Waals surface area contributed by atoms with Gasteiger partial charge in [0, 0.05) is 33.2 Å². The summed E-state index contributed by atoms with van der Waals surface area (Å²) < 4.78 is 17.3. The largest absolute Gasteiger partial charge is 0.464 e. The SMILES string of the molecule is Clc1ccc2c(c1)[C@@H]1CC(c3ccc4c(c3)OCO4)=NN1[C@H](c1ccccc1Cl)O2. The van der Waals surface area contributed by atoms with E-state index in [0.717, 1.165) is 46.1 Å². The fourth-order valence-corrected chi connectivity index (χ4v) is 4.60. The highest BCUT2D eigenvalue weighted by Gasteiger charge is 2.41. The van der Waals surface area contributed by atoms with Crippen molar-refractivity contribution in [2.24, 2.45) is 5.10 Å². The zero-order valence-corrected chi connectivity index (χ0v) is 17.2. The van der Waals surface area contributed by atoms with Gasteiger partial charge in [-0.15, -0.1) is 0 Å². The maximum atomic E-state index is 6.51. The fraction of sp³-hybridized carbons (Fsp3) is 0.174. The van der Waals surface area contributed by atoms with Crippen LogP contribution in [0.15, 0.2) is 65.8 Å². The lowest BCUT2D eigenvalue weighted by Crippen LogP contribution is -2.33. The van der Waals surface area contributed by atoms with Crippen LogP contribution >= 0.6 is 23.2 Å². The predicted octanol–water partition coefficient (Wildman–Crippen LogP) is 5.96. The third-order valence-electron chi connectivity index (χ3n) is 5.63. The summed E-state index contributed by atoms with van der Waals surface area (Å²) in [5.41, 5.74) is 3.84. The Labute approximate surface area is 183 Å². The van der Waals surface area contributed by atoms with E-state index in [-0.39, 0.29) is 12.8 Å². The van der Waals surface area contributed by atoms with E-state index in [0.29, 0.717) is 10.0 Å². The van der Waals surface area contributed by atoms with Crippen molar-refractivity contribution in [3.63, 3.8) is 0 Å². The van der Waals surface area contributed by atoms with Gasteiger partial charge in [-0.3, -0.25) is 0 Å². The lowest BCUT2D eigenvalue weighted by molar-refractivity contribution is -0.0189. The monoisotopic (exact) mass is 438 g/mol. The molecule has 2 atom stereocenters. The molecule has 0 radical (unpaired) electrons. The molecule has 5 nitrogen and oxygen atoms in total. The molecule has 0 N–H and O–H groups in total. The van der Waals surface area contributed by atoms with Crippen molar-refractivity contribution in [2.75, 3.05) is 6.79 Å². The van der Waals surface area contributed by atoms with Crippen LogP contribution in [0.2, 0.25) is 10.0 Å². The third kappa shape index (κ3) is 2.81. The number of fused-ring (bicyclic) bond motifs is 4. The predicted molar refractivity (Wildman–Crippen MR) is 115 cm³/mol. The summed E-state index contributed by atoms with van der Waals surface area (Å²) >= 11 is 12.8. The highest BCUT2D eigenvalue weighted by molar-refractivity contribution is 6.31. The first-order valence-corrected chi connectivity index (χ1v) is 10.4. The fourth-order valence-electron chi connectivity index (χ4n) is 4.19. The summed E-state index contributed by atoms with van der Waals surface area (Å²) in [6.45, 7) is 0.244. The smallest absolute Gasteiger partial charge is 0.231 e. The highest BCUT2D eigenvalue weighted by Crippen LogP contribution is 2.49. The van der Waals surface area contributed by atoms with Crippen molar-refractivity contribution >= 4 is 28.9 Å². The van der Waals surface area contributed by atoms with Gasteiger partial charge in [-0.1, -0.05) is 41.4 Å². The number of hydrogen-bond donors (Lipinski definition) is 0. The first-order chi connectivity index (χ1) is 14.7. The van der Waals surface area contributed by atoms with Crippen LogP contribution in [0.25, 0.3) is 0 Å². The molecule has 0 bridgehead atoms. The van der Waals surface area contributed by atoms with Crippen molar-refractivity contribution < 1.29 is 14.2 Å². The van der Waals surface area contributed by atoms with Gasteiger partial charge in [-0.05, 0) is 42.5 Å². The zero-order chi connectivity index (χ0) is 20.2. The van der Waals surface area contributed by atoms with Crippen molar-refractivity contribution in [1.29, 1.82) is 0 Å². The van der Waals surface area contributed by atoms with Crippen LogP contribution in [-0.4, -0.2) is 17.5 Å². The molecule has 0 saturated carbocycles. The summed E-state index contributed by atoms with van der Waals surface area (Å²) in [4.78, 5) is 0. The number of nitrogens with zero attached hydrogens (tertiary/aromatic N) is 2. The number of hydrogen-bond acceptors (Lipinski definition) is 5. The van der Waals surface area contributed by atoms with E-state index in [4.69, 9.17) is 42.5 Å². The van der Waals surface area contributed by atoms with E-state index < -0.39 is 6.23 Å². The van der Waals surface area contributed by atoms with Crippen molar-refractivity contribution in [2.45, 2.75) is 18.7 Å². The van der Waals surface area contributed by atoms with E-state index >= 15 is 0 Å². The van der Waals surface area contributed by atoms with Crippen molar-refractivity contribution in [1.82, 2.24) is 5.01 Å². The van der Waals surface area contributed by atoms with Crippen LogP contribution in [0.3, 0.4) is 0 Å². The van der Waals surface area contributed by atoms with Crippen LogP contribution in [0.4, 0.5) is 0 Å². The van der Waals surface area contributed by atoms with Crippen molar-refractivity contribution in [3.8, 4) is 17.2 Å². The second-order valence-corrected chi connectivity index (χ2v) is 8.23. The van der Waals surface area contributed by atoms with E-state index in [2.05, 4.69) is 0 Å². The highest BCUT2D eigenvalue weighted by atomic mass is 35.5. The number of hydrazone groups is 1. The number of halogens is 2. The van der Waals surface area contributed by atoms with Gasteiger partial charge in [0.05, 0.1) is 11.8 Å². The molecule has 3 aromatic rings. The molecule has 3 heterocycles. The quantitative estimate of drug-likeness (QED) is 0.494. The molecular formula is C23H16Cl2N2O3. The Morgan fingerprint density at radius 1 is 0.867 bits per heavy atom. The minimum Gasteiger partial charge on any atom is -0.464 e. The molecule has 0 amide bonds. The number of benzene rings is 3. The molecule has 6 rings (SSSR count). The zero-order valence-electron chi connectivity index (χ0n) is 15.7. The number of ether oxygens (including phenoxy) is 3. The molecule has 30 heavy (non-hydrogen) atoms. The van der Waals surface area contributed by atoms with E-state index in [9.17, 15) is 0 Å². The lowest BCUT2D eigenvalue weighted by atomic mass is 9.95. The number of rotatable bonds is 2. The lowest BCUT2D eigenvalue weighted by Gasteiger charge is -2.38. The molecular weight excluding hydrogens is 423 g/mol. The maximum Gasteiger partial charge on any atom is 0.231 e. The molecule has 7 heteroatoms. The van der Waals surface area contributed by atoms with E-state index in [1.807, 2.05) is 65.7 Å². The maximum absolute atomic E-state index is 6.51. The molecule has 0 aliphatic carbocycles. The minimum absolute atomic E-state index is 0.00542. The summed E-state index contributed by atoms with van der Waals surface area (Å²) in [5.74, 6) is 2.29. The molecule has 0 fully saturated rings. The normalized spacial score (nSPS) is 21.0. The Morgan fingerprint density at radius 2 is 1.70 bits per heavy atom. The van der Waals surface area contributed by atoms with Gasteiger partial charge in [-0.25, -0.2) is 5.01 Å². The van der Waals surface area contributed by atoms with Crippen LogP contribution in [-0.2, 0) is 0 Å². The molecule has 0 unspecified atom stereocenters. The Morgan fingerprint density at radius 3 is 2.60 bits per heavy atom. The Bertz CT molecular complexity index is 1200. The van der Waals surface area contributed by atoms with Gasteiger partial charge in [0.2, 0.25) is 13.0 Å². The molecule has 3 aliphatic heterocycles. The van der Waals surface area contributed by atoms with Gasteiger partial charge < -0.3 is 14.2 Å². The Hall–Kier alpha value is -2.89. The topological polar surface area (TPSA) is 43.3 Å². The molecule has 3 aliphatic rings. The van der Waals surface area contributed by atoms with E-state index in [1.54, 1.807) is 0 Å². The molecule has 0 aromatic heterocycles. The Balaban J connectivity index is 1.45. The minimum atomic E-state index is -0.427. The van der Waals surface area contributed by atoms with Gasteiger partial charge in [0.25, 0.3) is 0 Å². The second kappa shape index (κ2) is 6.83. The van der Waals surface area contributed by atoms with Crippen molar-refractivity contribution in [3.05, 3.63) is 87.4 Å². The first-order valence-electron chi connectivity index (χ1n) is 9.64. The summed E-state index contributed by atoms with van der Waals surface area (Å²) in [6.07, 6.45) is 0.293. The molecule has 3 aromatic carbocycles. The summed E-state index contributed by atoms with van der Waals surface area (Å²) in [7, 11) is 0. The molecule has 0 saturated heterocycles. The Kier molecular flexibility index (Phi) is 4.08. The summed E-state index contributed by atoms with van der Waals surface area (Å²) in [5, 5.41) is 8.26. The van der Waals surface area contributed by atoms with Crippen LogP contribution in [0.5, 0.6) is 17.2 Å². The van der Waals surface area contributed by atoms with Crippen LogP contribution in [0, 0.1) is 0 Å². The van der Waals surface area contributed by atoms with Crippen LogP contribution < -0.4 is 14.2 Å². The van der Waals surface area contributed by atoms with Crippen LogP contribution in [0.1, 0.15) is 35.4 Å². The second-order valence-electron chi connectivity index (χ2n) is 7.39. The van der Waals surface area contributed by atoms with Gasteiger partial charge in [-0.2, -0.15) is 5.10 Å². The average molecular weight is 439 g/mol. The standard InChI is InChI=1S/C23H16Cl2N2O3/c24-14-6-8-20-16(10-14)19-11-18(13-5-7-21-22(9-13)29-12-28-21)26-27(19)23(30-20)15-3-1-2-4-17(15)25/h1-10,19,23H,11-12H2/t19-,23-/m0/s1. The average Bonchev–Trinajstić information content (AvgIpc) is 3.40. The van der Waals surface area contributed by atoms with Gasteiger partial charge in [0.15, 0.2) is 11.5 Å². The van der Waals surface area contributed by atoms with E-state index in [1.165, 1.54) is 0 Å². The summed E-state index contributed by atoms with van der Waals surface area (Å²) in [6, 6.07) is 19.3. The van der Waals surface area contributed by atoms with Gasteiger partial charge in [0.1, 0.15) is 5.75 Å². The molecule has 0 spiro atoms.